The number of imidazole rings is 1. The number of aromatic nitrogens is 6. The van der Waals surface area contributed by atoms with Crippen LogP contribution in [-0.2, 0) is 0 Å². The Morgan fingerprint density at radius 3 is 2.75 bits per heavy atom. The van der Waals surface area contributed by atoms with Gasteiger partial charge < -0.3 is 14.2 Å². The second kappa shape index (κ2) is 6.18. The summed E-state index contributed by atoms with van der Waals surface area (Å²) in [4.78, 5) is 20.0. The van der Waals surface area contributed by atoms with Crippen molar-refractivity contribution in [2.45, 2.75) is 57.5 Å². The van der Waals surface area contributed by atoms with Crippen LogP contribution in [-0.4, -0.2) is 36.2 Å². The summed E-state index contributed by atoms with van der Waals surface area (Å²) in [6.07, 6.45) is 7.03. The van der Waals surface area contributed by atoms with Crippen molar-refractivity contribution in [3.8, 4) is 5.88 Å². The van der Waals surface area contributed by atoms with Crippen LogP contribution in [0.2, 0.25) is 0 Å². The van der Waals surface area contributed by atoms with Gasteiger partial charge in [0.2, 0.25) is 11.8 Å². The first kappa shape index (κ1) is 15.0. The van der Waals surface area contributed by atoms with Gasteiger partial charge in [0.25, 0.3) is 0 Å². The first-order chi connectivity index (χ1) is 11.7. The summed E-state index contributed by atoms with van der Waals surface area (Å²) in [6, 6.07) is 0. The van der Waals surface area contributed by atoms with Crippen LogP contribution in [0.25, 0.3) is 11.2 Å². The second-order valence-corrected chi connectivity index (χ2v) is 6.52. The van der Waals surface area contributed by atoms with Crippen molar-refractivity contribution in [2.75, 3.05) is 0 Å². The Morgan fingerprint density at radius 1 is 1.17 bits per heavy atom. The maximum atomic E-state index is 6.07. The number of fused-ring (bicyclic) bond motifs is 1. The Hall–Kier alpha value is -2.51. The summed E-state index contributed by atoms with van der Waals surface area (Å²) in [6.45, 7) is 4.13. The summed E-state index contributed by atoms with van der Waals surface area (Å²) in [5, 5.41) is 4.06. The fraction of sp³-hybridized carbons (Fsp3) is 0.562. The lowest BCUT2D eigenvalue weighted by Crippen LogP contribution is -2.24. The molecule has 0 bridgehead atoms. The van der Waals surface area contributed by atoms with Gasteiger partial charge in [0.05, 0.1) is 6.33 Å². The summed E-state index contributed by atoms with van der Waals surface area (Å²) < 4.78 is 11.5. The number of aromatic amines is 1. The highest BCUT2D eigenvalue weighted by molar-refractivity contribution is 5.74. The lowest BCUT2D eigenvalue weighted by atomic mass is 9.87. The third-order valence-electron chi connectivity index (χ3n) is 4.46. The minimum atomic E-state index is 0.134. The minimum Gasteiger partial charge on any atom is -0.473 e. The molecule has 0 unspecified atom stereocenters. The Morgan fingerprint density at radius 2 is 2.00 bits per heavy atom. The molecule has 0 saturated heterocycles. The zero-order valence-electron chi connectivity index (χ0n) is 13.8. The number of ether oxygens (including phenoxy) is 1. The number of H-pyrrole nitrogens is 1. The standard InChI is InChI=1S/C16H20N6O2/c1-9(2)13-21-15(24-22-13)10-3-5-11(6-4-10)23-16-12-14(18-7-17-12)19-8-20-16/h7-11H,3-6H2,1-2H3,(H,17,18,19,20). The van der Waals surface area contributed by atoms with E-state index in [1.807, 2.05) is 0 Å². The van der Waals surface area contributed by atoms with Crippen molar-refractivity contribution < 1.29 is 9.26 Å². The normalized spacial score (nSPS) is 21.5. The van der Waals surface area contributed by atoms with E-state index in [4.69, 9.17) is 9.26 Å². The van der Waals surface area contributed by atoms with E-state index in [2.05, 4.69) is 43.9 Å². The van der Waals surface area contributed by atoms with Gasteiger partial charge in [-0.15, -0.1) is 0 Å². The van der Waals surface area contributed by atoms with E-state index in [9.17, 15) is 0 Å². The molecule has 1 fully saturated rings. The Kier molecular flexibility index (Phi) is 3.87. The highest BCUT2D eigenvalue weighted by Gasteiger charge is 2.28. The fourth-order valence-electron chi connectivity index (χ4n) is 3.07. The summed E-state index contributed by atoms with van der Waals surface area (Å²) in [5.74, 6) is 2.72. The first-order valence-corrected chi connectivity index (χ1v) is 8.35. The average molecular weight is 328 g/mol. The topological polar surface area (TPSA) is 103 Å². The van der Waals surface area contributed by atoms with Crippen LogP contribution in [0.4, 0.5) is 0 Å². The molecule has 1 aliphatic rings. The van der Waals surface area contributed by atoms with Gasteiger partial charge in [-0.05, 0) is 25.7 Å². The van der Waals surface area contributed by atoms with Crippen molar-refractivity contribution in [1.29, 1.82) is 0 Å². The molecule has 8 nitrogen and oxygen atoms in total. The van der Waals surface area contributed by atoms with E-state index in [0.29, 0.717) is 17.4 Å². The molecule has 3 aromatic rings. The van der Waals surface area contributed by atoms with Crippen LogP contribution in [0.1, 0.15) is 63.1 Å². The van der Waals surface area contributed by atoms with Crippen molar-refractivity contribution in [3.63, 3.8) is 0 Å². The highest BCUT2D eigenvalue weighted by Crippen LogP contribution is 2.34. The predicted molar refractivity (Wildman–Crippen MR) is 85.7 cm³/mol. The van der Waals surface area contributed by atoms with Crippen LogP contribution in [0.5, 0.6) is 5.88 Å². The highest BCUT2D eigenvalue weighted by atomic mass is 16.5. The summed E-state index contributed by atoms with van der Waals surface area (Å²) in [7, 11) is 0. The first-order valence-electron chi connectivity index (χ1n) is 8.35. The van der Waals surface area contributed by atoms with Crippen molar-refractivity contribution >= 4 is 11.2 Å². The maximum Gasteiger partial charge on any atom is 0.243 e. The molecule has 0 spiro atoms. The molecule has 0 atom stereocenters. The molecule has 8 heteroatoms. The maximum absolute atomic E-state index is 6.07. The van der Waals surface area contributed by atoms with E-state index in [1.165, 1.54) is 6.33 Å². The van der Waals surface area contributed by atoms with Crippen LogP contribution in [0.15, 0.2) is 17.2 Å². The lowest BCUT2D eigenvalue weighted by Gasteiger charge is -2.26. The number of nitrogens with zero attached hydrogens (tertiary/aromatic N) is 5. The number of nitrogens with one attached hydrogen (secondary N) is 1. The molecule has 1 saturated carbocycles. The molecular weight excluding hydrogens is 308 g/mol. The third-order valence-corrected chi connectivity index (χ3v) is 4.46. The smallest absolute Gasteiger partial charge is 0.243 e. The molecular formula is C16H20N6O2. The molecule has 4 rings (SSSR count). The van der Waals surface area contributed by atoms with E-state index < -0.39 is 0 Å². The number of hydrogen-bond donors (Lipinski definition) is 1. The summed E-state index contributed by atoms with van der Waals surface area (Å²) >= 11 is 0. The minimum absolute atomic E-state index is 0.134. The molecule has 126 valence electrons. The lowest BCUT2D eigenvalue weighted by molar-refractivity contribution is 0.135. The van der Waals surface area contributed by atoms with Gasteiger partial charge in [0, 0.05) is 11.8 Å². The predicted octanol–water partition coefficient (Wildman–Crippen LogP) is 2.96. The molecule has 0 radical (unpaired) electrons. The number of rotatable bonds is 4. The molecule has 3 aromatic heterocycles. The van der Waals surface area contributed by atoms with Crippen LogP contribution < -0.4 is 4.74 Å². The molecule has 0 aliphatic heterocycles. The van der Waals surface area contributed by atoms with E-state index in [1.54, 1.807) is 6.33 Å². The van der Waals surface area contributed by atoms with Gasteiger partial charge in [0.1, 0.15) is 17.9 Å². The van der Waals surface area contributed by atoms with Crippen LogP contribution in [0, 0.1) is 0 Å². The van der Waals surface area contributed by atoms with Gasteiger partial charge in [0.15, 0.2) is 11.5 Å². The van der Waals surface area contributed by atoms with Crippen molar-refractivity contribution in [1.82, 2.24) is 30.1 Å². The Labute approximate surface area is 139 Å². The van der Waals surface area contributed by atoms with Gasteiger partial charge >= 0.3 is 0 Å². The van der Waals surface area contributed by atoms with E-state index in [0.717, 1.165) is 42.9 Å². The molecule has 1 N–H and O–H groups in total. The second-order valence-electron chi connectivity index (χ2n) is 6.52. The average Bonchev–Trinajstić information content (AvgIpc) is 3.25. The zero-order chi connectivity index (χ0) is 16.5. The largest absolute Gasteiger partial charge is 0.473 e. The van der Waals surface area contributed by atoms with Gasteiger partial charge in [-0.3, -0.25) is 0 Å². The van der Waals surface area contributed by atoms with Gasteiger partial charge in [-0.2, -0.15) is 9.97 Å². The molecule has 0 aromatic carbocycles. The fourth-order valence-corrected chi connectivity index (χ4v) is 3.07. The monoisotopic (exact) mass is 328 g/mol. The van der Waals surface area contributed by atoms with E-state index in [-0.39, 0.29) is 12.0 Å². The quantitative estimate of drug-likeness (QED) is 0.785. The van der Waals surface area contributed by atoms with Crippen LogP contribution in [0.3, 0.4) is 0 Å². The molecule has 1 aliphatic carbocycles. The van der Waals surface area contributed by atoms with Gasteiger partial charge in [-0.1, -0.05) is 19.0 Å². The zero-order valence-corrected chi connectivity index (χ0v) is 13.8. The Balaban J connectivity index is 1.40. The van der Waals surface area contributed by atoms with Crippen LogP contribution >= 0.6 is 0 Å². The number of hydrogen-bond acceptors (Lipinski definition) is 7. The SMILES string of the molecule is CC(C)c1noc(C2CCC(Oc3ncnc4nc[nH]c34)CC2)n1. The third kappa shape index (κ3) is 2.83. The summed E-state index contributed by atoms with van der Waals surface area (Å²) in [5.41, 5.74) is 1.37. The molecule has 0 amide bonds. The van der Waals surface area contributed by atoms with Gasteiger partial charge in [-0.25, -0.2) is 9.97 Å². The molecule has 24 heavy (non-hydrogen) atoms. The van der Waals surface area contributed by atoms with E-state index >= 15 is 0 Å². The van der Waals surface area contributed by atoms with Crippen molar-refractivity contribution in [2.24, 2.45) is 0 Å². The van der Waals surface area contributed by atoms with Crippen molar-refractivity contribution in [3.05, 3.63) is 24.4 Å². The Bertz CT molecular complexity index is 819. The molecule has 3 heterocycles.